The maximum Gasteiger partial charge on any atom is 0.341 e. The topological polar surface area (TPSA) is 95.7 Å². The van der Waals surface area contributed by atoms with Gasteiger partial charge in [0.05, 0.1) is 0 Å². The van der Waals surface area contributed by atoms with E-state index in [1.807, 2.05) is 0 Å². The van der Waals surface area contributed by atoms with Gasteiger partial charge in [-0.2, -0.15) is 0 Å². The molecule has 0 aromatic carbocycles. The predicted octanol–water partition coefficient (Wildman–Crippen LogP) is 12.5. The van der Waals surface area contributed by atoms with Gasteiger partial charge in [-0.25, -0.2) is 0 Å². The monoisotopic (exact) mass is 727 g/mol. The van der Waals surface area contributed by atoms with Gasteiger partial charge in [-0.3, -0.25) is 19.7 Å². The molecule has 0 bridgehead atoms. The number of alkyl halides is 1. The maximum absolute atomic E-state index is 12.2. The van der Waals surface area contributed by atoms with Crippen molar-refractivity contribution >= 4 is 27.9 Å². The van der Waals surface area contributed by atoms with Gasteiger partial charge in [0.1, 0.15) is 0 Å². The molecule has 0 aliphatic carbocycles. The molecule has 1 atom stereocenters. The minimum atomic E-state index is -1.83. The first-order valence-corrected chi connectivity index (χ1v) is 20.1. The molecule has 0 aromatic heterocycles. The number of hydrogen-bond donors (Lipinski definition) is 0. The van der Waals surface area contributed by atoms with Gasteiger partial charge in [-0.15, -0.1) is 0 Å². The van der Waals surface area contributed by atoms with Gasteiger partial charge in [-0.1, -0.05) is 141 Å². The number of allylic oxidation sites excluding steroid dienone is 4. The molecule has 0 saturated heterocycles. The number of nitro groups is 1. The molecule has 0 amide bonds. The van der Waals surface area contributed by atoms with E-state index < -0.39 is 34.5 Å². The van der Waals surface area contributed by atoms with Crippen LogP contribution in [0.2, 0.25) is 0 Å². The average Bonchev–Trinajstić information content (AvgIpc) is 3.06. The Morgan fingerprint density at radius 2 is 0.809 bits per heavy atom. The highest BCUT2D eigenvalue weighted by atomic mass is 79.9. The van der Waals surface area contributed by atoms with Crippen LogP contribution in [-0.4, -0.2) is 34.5 Å². The van der Waals surface area contributed by atoms with E-state index in [1.165, 1.54) is 96.3 Å². The summed E-state index contributed by atoms with van der Waals surface area (Å²) in [6.07, 6.45) is 40.2. The van der Waals surface area contributed by atoms with E-state index in [0.717, 1.165) is 57.8 Å². The van der Waals surface area contributed by atoms with E-state index in [0.29, 0.717) is 12.8 Å². The number of rotatable bonds is 35. The van der Waals surface area contributed by atoms with E-state index in [9.17, 15) is 19.7 Å². The third kappa shape index (κ3) is 31.3. The van der Waals surface area contributed by atoms with Crippen molar-refractivity contribution < 1.29 is 24.0 Å². The lowest BCUT2D eigenvalue weighted by Crippen LogP contribution is -2.42. The number of nitrogens with zero attached hydrogens (tertiary/aromatic N) is 1. The molecule has 0 rings (SSSR count). The van der Waals surface area contributed by atoms with Crippen LogP contribution in [0.4, 0.5) is 0 Å². The molecule has 0 heterocycles. The second-order valence-corrected chi connectivity index (χ2v) is 14.6. The molecule has 274 valence electrons. The standard InChI is InChI=1S/C39H70BrNO6/c1-3-5-7-9-11-13-15-17-19-21-23-25-27-29-31-33-37(42)46-35-39(40,41(44)45)36-47-38(43)34-32-30-28-26-24-22-20-18-16-14-12-10-8-6-4-2/h15,17,20,22H,3-14,16,18-19,21,23-36H2,1-2H3/b17-15+,22-20+. The van der Waals surface area contributed by atoms with E-state index >= 15 is 0 Å². The molecule has 7 nitrogen and oxygen atoms in total. The average molecular weight is 729 g/mol. The van der Waals surface area contributed by atoms with Crippen LogP contribution in [0.3, 0.4) is 0 Å². The maximum atomic E-state index is 12.2. The third-order valence-electron chi connectivity index (χ3n) is 8.52. The Kier molecular flexibility index (Phi) is 32.9. The van der Waals surface area contributed by atoms with Crippen molar-refractivity contribution in [3.63, 3.8) is 0 Å². The number of carbonyl (C=O) groups excluding carboxylic acids is 2. The van der Waals surface area contributed by atoms with Crippen molar-refractivity contribution in [1.82, 2.24) is 0 Å². The Labute approximate surface area is 296 Å². The Balaban J connectivity index is 3.81. The lowest BCUT2D eigenvalue weighted by molar-refractivity contribution is -0.541. The fourth-order valence-electron chi connectivity index (χ4n) is 5.35. The van der Waals surface area contributed by atoms with Gasteiger partial charge in [0.25, 0.3) is 0 Å². The van der Waals surface area contributed by atoms with Crippen molar-refractivity contribution in [3.05, 3.63) is 34.4 Å². The number of unbranched alkanes of at least 4 members (excludes halogenated alkanes) is 22. The van der Waals surface area contributed by atoms with Crippen molar-refractivity contribution in [3.8, 4) is 0 Å². The SMILES string of the molecule is CCCCCCC/C=C/CCCCCCCCC(=O)OCC(Br)(COC(=O)CCCCCC/C=C/CCCCCCCCC)[N+](=O)[O-]. The van der Waals surface area contributed by atoms with Gasteiger partial charge >= 0.3 is 16.4 Å². The summed E-state index contributed by atoms with van der Waals surface area (Å²) in [5, 5.41) is 11.6. The van der Waals surface area contributed by atoms with Crippen LogP contribution < -0.4 is 0 Å². The fourth-order valence-corrected chi connectivity index (χ4v) is 5.58. The smallest absolute Gasteiger partial charge is 0.341 e. The summed E-state index contributed by atoms with van der Waals surface area (Å²) in [5.74, 6) is -0.931. The molecule has 0 aromatic rings. The number of carbonyl (C=O) groups is 2. The summed E-state index contributed by atoms with van der Waals surface area (Å²) in [6.45, 7) is 3.53. The summed E-state index contributed by atoms with van der Waals surface area (Å²) in [4.78, 5) is 35.4. The number of ether oxygens (including phenoxy) is 2. The summed E-state index contributed by atoms with van der Waals surface area (Å²) < 4.78 is 8.52. The van der Waals surface area contributed by atoms with Crippen molar-refractivity contribution in [2.45, 2.75) is 198 Å². The van der Waals surface area contributed by atoms with Crippen molar-refractivity contribution in [1.29, 1.82) is 0 Å². The largest absolute Gasteiger partial charge is 0.457 e. The Morgan fingerprint density at radius 1 is 0.532 bits per heavy atom. The Bertz CT molecular complexity index is 817. The second kappa shape index (κ2) is 34.2. The summed E-state index contributed by atoms with van der Waals surface area (Å²) in [7, 11) is 0. The van der Waals surface area contributed by atoms with Crippen LogP contribution >= 0.6 is 15.9 Å². The van der Waals surface area contributed by atoms with Crippen LogP contribution in [-0.2, 0) is 19.1 Å². The van der Waals surface area contributed by atoms with Gasteiger partial charge < -0.3 is 9.47 Å². The highest BCUT2D eigenvalue weighted by Crippen LogP contribution is 2.21. The zero-order chi connectivity index (χ0) is 34.7. The van der Waals surface area contributed by atoms with Crippen molar-refractivity contribution in [2.24, 2.45) is 0 Å². The molecule has 47 heavy (non-hydrogen) atoms. The molecule has 0 fully saturated rings. The highest BCUT2D eigenvalue weighted by molar-refractivity contribution is 9.10. The molecule has 8 heteroatoms. The quantitative estimate of drug-likeness (QED) is 0.0123. The second-order valence-electron chi connectivity index (χ2n) is 13.2. The summed E-state index contributed by atoms with van der Waals surface area (Å²) >= 11 is 3.04. The van der Waals surface area contributed by atoms with Gasteiger partial charge in [0, 0.05) is 33.7 Å². The zero-order valence-electron chi connectivity index (χ0n) is 30.3. The van der Waals surface area contributed by atoms with E-state index in [1.54, 1.807) is 0 Å². The highest BCUT2D eigenvalue weighted by Gasteiger charge is 2.43. The van der Waals surface area contributed by atoms with Crippen LogP contribution in [0, 0.1) is 10.1 Å². The molecule has 0 spiro atoms. The number of halogens is 1. The fraction of sp³-hybridized carbons (Fsp3) is 0.846. The number of hydrogen-bond acceptors (Lipinski definition) is 6. The third-order valence-corrected chi connectivity index (χ3v) is 9.27. The first-order valence-electron chi connectivity index (χ1n) is 19.3. The lowest BCUT2D eigenvalue weighted by Gasteiger charge is -2.18. The molecular weight excluding hydrogens is 658 g/mol. The first kappa shape index (κ1) is 45.3. The van der Waals surface area contributed by atoms with Crippen molar-refractivity contribution in [2.75, 3.05) is 13.2 Å². The van der Waals surface area contributed by atoms with Gasteiger partial charge in [-0.05, 0) is 64.2 Å². The summed E-state index contributed by atoms with van der Waals surface area (Å²) in [6, 6.07) is 0. The molecule has 0 aliphatic rings. The minimum absolute atomic E-state index is 0.227. The molecule has 1 unspecified atom stereocenters. The van der Waals surface area contributed by atoms with Crippen LogP contribution in [0.1, 0.15) is 194 Å². The Hall–Kier alpha value is -1.70. The van der Waals surface area contributed by atoms with Gasteiger partial charge in [0.2, 0.25) is 0 Å². The molecule has 0 radical (unpaired) electrons. The Morgan fingerprint density at radius 3 is 1.11 bits per heavy atom. The lowest BCUT2D eigenvalue weighted by atomic mass is 10.1. The van der Waals surface area contributed by atoms with E-state index in [-0.39, 0.29) is 12.8 Å². The molecular formula is C39H70BrNO6. The zero-order valence-corrected chi connectivity index (χ0v) is 31.9. The molecule has 0 saturated carbocycles. The minimum Gasteiger partial charge on any atom is -0.457 e. The molecule has 0 N–H and O–H groups in total. The van der Waals surface area contributed by atoms with Crippen LogP contribution in [0.25, 0.3) is 0 Å². The summed E-state index contributed by atoms with van der Waals surface area (Å²) in [5.41, 5.74) is 0. The first-order chi connectivity index (χ1) is 22.9. The van der Waals surface area contributed by atoms with Gasteiger partial charge in [0.15, 0.2) is 13.2 Å². The van der Waals surface area contributed by atoms with E-state index in [2.05, 4.69) is 54.1 Å². The number of esters is 2. The normalized spacial score (nSPS) is 12.9. The predicted molar refractivity (Wildman–Crippen MR) is 199 cm³/mol. The van der Waals surface area contributed by atoms with E-state index in [4.69, 9.17) is 9.47 Å². The van der Waals surface area contributed by atoms with Crippen LogP contribution in [0.15, 0.2) is 24.3 Å². The van der Waals surface area contributed by atoms with Crippen LogP contribution in [0.5, 0.6) is 0 Å². The molecule has 0 aliphatic heterocycles.